The number of hydrogen-bond donors (Lipinski definition) is 1. The first-order chi connectivity index (χ1) is 11.0. The van der Waals surface area contributed by atoms with Crippen LogP contribution in [0.1, 0.15) is 16.3 Å². The van der Waals surface area contributed by atoms with E-state index in [9.17, 15) is 4.39 Å². The predicted octanol–water partition coefficient (Wildman–Crippen LogP) is 3.49. The standard InChI is InChI=1S/C16H20ClFN4S/c1-11-21-12(10-23-11)9-22(3)16(19-2)20-8-7-13-14(17)5-4-6-15(13)18/h4-6,10H,7-9H2,1-3H3,(H,19,20). The molecule has 7 heteroatoms. The van der Waals surface area contributed by atoms with E-state index in [4.69, 9.17) is 11.6 Å². The molecule has 0 unspecified atom stereocenters. The zero-order chi connectivity index (χ0) is 16.8. The van der Waals surface area contributed by atoms with E-state index in [-0.39, 0.29) is 5.82 Å². The highest BCUT2D eigenvalue weighted by Gasteiger charge is 2.10. The van der Waals surface area contributed by atoms with Crippen LogP contribution in [0, 0.1) is 12.7 Å². The average Bonchev–Trinajstić information content (AvgIpc) is 2.91. The van der Waals surface area contributed by atoms with E-state index in [1.54, 1.807) is 30.5 Å². The Bertz CT molecular complexity index is 666. The zero-order valence-electron chi connectivity index (χ0n) is 13.4. The van der Waals surface area contributed by atoms with Crippen LogP contribution in [0.25, 0.3) is 0 Å². The molecule has 0 atom stereocenters. The monoisotopic (exact) mass is 354 g/mol. The number of aliphatic imine (C=N–C) groups is 1. The van der Waals surface area contributed by atoms with E-state index in [1.807, 2.05) is 24.3 Å². The molecule has 124 valence electrons. The van der Waals surface area contributed by atoms with Crippen LogP contribution in [0.15, 0.2) is 28.6 Å². The number of benzene rings is 1. The SMILES string of the molecule is CN=C(NCCc1c(F)cccc1Cl)N(C)Cc1csc(C)n1. The van der Waals surface area contributed by atoms with Gasteiger partial charge in [0.05, 0.1) is 17.2 Å². The number of halogens is 2. The maximum atomic E-state index is 13.7. The topological polar surface area (TPSA) is 40.5 Å². The van der Waals surface area contributed by atoms with Gasteiger partial charge in [0, 0.05) is 36.6 Å². The summed E-state index contributed by atoms with van der Waals surface area (Å²) < 4.78 is 13.7. The highest BCUT2D eigenvalue weighted by Crippen LogP contribution is 2.19. The molecular formula is C16H20ClFN4S. The summed E-state index contributed by atoms with van der Waals surface area (Å²) in [5.74, 6) is 0.462. The minimum absolute atomic E-state index is 0.277. The molecule has 0 saturated heterocycles. The van der Waals surface area contributed by atoms with Crippen molar-refractivity contribution < 1.29 is 4.39 Å². The number of rotatable bonds is 5. The van der Waals surface area contributed by atoms with Gasteiger partial charge in [0.2, 0.25) is 0 Å². The molecule has 1 N–H and O–H groups in total. The maximum Gasteiger partial charge on any atom is 0.193 e. The summed E-state index contributed by atoms with van der Waals surface area (Å²) in [6.45, 7) is 3.21. The van der Waals surface area contributed by atoms with Gasteiger partial charge in [-0.05, 0) is 25.5 Å². The molecule has 0 spiro atoms. The van der Waals surface area contributed by atoms with E-state index in [2.05, 4.69) is 15.3 Å². The predicted molar refractivity (Wildman–Crippen MR) is 94.8 cm³/mol. The fourth-order valence-electron chi connectivity index (χ4n) is 2.25. The van der Waals surface area contributed by atoms with Crippen LogP contribution in [0.3, 0.4) is 0 Å². The molecular weight excluding hydrogens is 335 g/mol. The Balaban J connectivity index is 1.90. The molecule has 4 nitrogen and oxygen atoms in total. The third kappa shape index (κ3) is 4.91. The molecule has 1 aromatic carbocycles. The molecule has 2 aromatic rings. The van der Waals surface area contributed by atoms with Gasteiger partial charge in [0.25, 0.3) is 0 Å². The first kappa shape index (κ1) is 17.7. The second kappa shape index (κ2) is 8.26. The number of hydrogen-bond acceptors (Lipinski definition) is 3. The quantitative estimate of drug-likeness (QED) is 0.660. The van der Waals surface area contributed by atoms with Crippen LogP contribution < -0.4 is 5.32 Å². The molecule has 0 aliphatic rings. The summed E-state index contributed by atoms with van der Waals surface area (Å²) in [6, 6.07) is 4.73. The number of nitrogens with zero attached hydrogens (tertiary/aromatic N) is 3. The molecule has 0 aliphatic heterocycles. The summed E-state index contributed by atoms with van der Waals surface area (Å²) in [4.78, 5) is 10.7. The van der Waals surface area contributed by atoms with Crippen LogP contribution in [0.4, 0.5) is 4.39 Å². The number of thiazole rings is 1. The summed E-state index contributed by atoms with van der Waals surface area (Å²) >= 11 is 7.67. The summed E-state index contributed by atoms with van der Waals surface area (Å²) in [5, 5.41) is 6.76. The molecule has 0 radical (unpaired) electrons. The third-order valence-corrected chi connectivity index (χ3v) is 4.54. The van der Waals surface area contributed by atoms with Crippen molar-refractivity contribution in [2.24, 2.45) is 4.99 Å². The molecule has 0 saturated carbocycles. The van der Waals surface area contributed by atoms with Crippen molar-refractivity contribution in [1.29, 1.82) is 0 Å². The fraction of sp³-hybridized carbons (Fsp3) is 0.375. The molecule has 0 amide bonds. The Kier molecular flexibility index (Phi) is 6.36. The average molecular weight is 355 g/mol. The van der Waals surface area contributed by atoms with Gasteiger partial charge in [-0.1, -0.05) is 17.7 Å². The molecule has 0 bridgehead atoms. The lowest BCUT2D eigenvalue weighted by Crippen LogP contribution is -2.39. The lowest BCUT2D eigenvalue weighted by Gasteiger charge is -2.21. The Labute approximate surface area is 145 Å². The van der Waals surface area contributed by atoms with Crippen molar-refractivity contribution in [3.63, 3.8) is 0 Å². The van der Waals surface area contributed by atoms with Gasteiger partial charge in [-0.3, -0.25) is 4.99 Å². The molecule has 0 aliphatic carbocycles. The number of guanidine groups is 1. The fourth-order valence-corrected chi connectivity index (χ4v) is 3.12. The van der Waals surface area contributed by atoms with Gasteiger partial charge < -0.3 is 10.2 Å². The Morgan fingerprint density at radius 2 is 2.26 bits per heavy atom. The Morgan fingerprint density at radius 1 is 1.48 bits per heavy atom. The lowest BCUT2D eigenvalue weighted by molar-refractivity contribution is 0.471. The summed E-state index contributed by atoms with van der Waals surface area (Å²) in [7, 11) is 3.67. The van der Waals surface area contributed by atoms with Gasteiger partial charge in [0.15, 0.2) is 5.96 Å². The Hall–Kier alpha value is -1.66. The van der Waals surface area contributed by atoms with Crippen molar-refractivity contribution >= 4 is 28.9 Å². The van der Waals surface area contributed by atoms with Crippen molar-refractivity contribution in [3.8, 4) is 0 Å². The van der Waals surface area contributed by atoms with Gasteiger partial charge in [-0.15, -0.1) is 11.3 Å². The first-order valence-corrected chi connectivity index (χ1v) is 8.52. The van der Waals surface area contributed by atoms with E-state index in [1.165, 1.54) is 6.07 Å². The van der Waals surface area contributed by atoms with Gasteiger partial charge in [-0.2, -0.15) is 0 Å². The van der Waals surface area contributed by atoms with Crippen molar-refractivity contribution in [1.82, 2.24) is 15.2 Å². The van der Waals surface area contributed by atoms with Crippen molar-refractivity contribution in [2.45, 2.75) is 19.9 Å². The smallest absolute Gasteiger partial charge is 0.193 e. The largest absolute Gasteiger partial charge is 0.356 e. The highest BCUT2D eigenvalue weighted by atomic mass is 35.5. The van der Waals surface area contributed by atoms with Crippen LogP contribution in [-0.2, 0) is 13.0 Å². The van der Waals surface area contributed by atoms with Crippen LogP contribution >= 0.6 is 22.9 Å². The second-order valence-electron chi connectivity index (χ2n) is 5.14. The van der Waals surface area contributed by atoms with E-state index in [0.29, 0.717) is 30.1 Å². The second-order valence-corrected chi connectivity index (χ2v) is 6.61. The summed E-state index contributed by atoms with van der Waals surface area (Å²) in [6.07, 6.45) is 0.494. The third-order valence-electron chi connectivity index (χ3n) is 3.36. The van der Waals surface area contributed by atoms with E-state index < -0.39 is 0 Å². The first-order valence-electron chi connectivity index (χ1n) is 7.27. The number of nitrogens with one attached hydrogen (secondary N) is 1. The highest BCUT2D eigenvalue weighted by molar-refractivity contribution is 7.09. The molecule has 1 aromatic heterocycles. The minimum atomic E-state index is -0.277. The van der Waals surface area contributed by atoms with Gasteiger partial charge in [0.1, 0.15) is 5.82 Å². The number of aromatic nitrogens is 1. The summed E-state index contributed by atoms with van der Waals surface area (Å²) in [5.41, 5.74) is 1.53. The van der Waals surface area contributed by atoms with Crippen LogP contribution in [0.2, 0.25) is 5.02 Å². The molecule has 0 fully saturated rings. The van der Waals surface area contributed by atoms with Crippen LogP contribution in [0.5, 0.6) is 0 Å². The Morgan fingerprint density at radius 3 is 2.87 bits per heavy atom. The van der Waals surface area contributed by atoms with Gasteiger partial charge in [-0.25, -0.2) is 9.37 Å². The zero-order valence-corrected chi connectivity index (χ0v) is 15.0. The minimum Gasteiger partial charge on any atom is -0.356 e. The van der Waals surface area contributed by atoms with Crippen LogP contribution in [-0.4, -0.2) is 36.5 Å². The van der Waals surface area contributed by atoms with Crippen molar-refractivity contribution in [3.05, 3.63) is 50.7 Å². The molecule has 2 rings (SSSR count). The van der Waals surface area contributed by atoms with E-state index in [0.717, 1.165) is 16.7 Å². The molecule has 1 heterocycles. The normalized spacial score (nSPS) is 11.6. The lowest BCUT2D eigenvalue weighted by atomic mass is 10.1. The molecule has 23 heavy (non-hydrogen) atoms. The van der Waals surface area contributed by atoms with Gasteiger partial charge >= 0.3 is 0 Å². The maximum absolute atomic E-state index is 13.7. The van der Waals surface area contributed by atoms with Crippen molar-refractivity contribution in [2.75, 3.05) is 20.6 Å². The number of aryl methyl sites for hydroxylation is 1. The van der Waals surface area contributed by atoms with E-state index >= 15 is 0 Å².